The highest BCUT2D eigenvalue weighted by atomic mass is 15.4. The molecule has 21 heavy (non-hydrogen) atoms. The van der Waals surface area contributed by atoms with Crippen LogP contribution in [0.25, 0.3) is 0 Å². The van der Waals surface area contributed by atoms with Crippen molar-refractivity contribution in [3.63, 3.8) is 0 Å². The van der Waals surface area contributed by atoms with Crippen molar-refractivity contribution >= 4 is 0 Å². The van der Waals surface area contributed by atoms with Crippen molar-refractivity contribution in [2.75, 3.05) is 13.1 Å². The van der Waals surface area contributed by atoms with Crippen molar-refractivity contribution in [2.45, 2.75) is 52.7 Å². The van der Waals surface area contributed by atoms with Gasteiger partial charge in [-0.15, -0.1) is 0 Å². The van der Waals surface area contributed by atoms with E-state index in [2.05, 4.69) is 64.2 Å². The number of aromatic nitrogens is 4. The molecule has 3 rings (SSSR count). The molecule has 1 unspecified atom stereocenters. The van der Waals surface area contributed by atoms with Gasteiger partial charge >= 0.3 is 0 Å². The fourth-order valence-corrected chi connectivity index (χ4v) is 3.24. The zero-order chi connectivity index (χ0) is 15.0. The first-order chi connectivity index (χ1) is 10.1. The standard InChI is InChI=1S/C16H25N5/c1-5-16-17-6-7-19(16)9-14(4)20-10-15(11-20)21-13(3)8-12(2)18-21/h6-8,14-15H,5,9-11H2,1-4H3. The Labute approximate surface area is 126 Å². The monoisotopic (exact) mass is 287 g/mol. The topological polar surface area (TPSA) is 38.9 Å². The van der Waals surface area contributed by atoms with Crippen molar-refractivity contribution in [1.82, 2.24) is 24.2 Å². The Bertz CT molecular complexity index is 606. The van der Waals surface area contributed by atoms with Gasteiger partial charge in [0.2, 0.25) is 0 Å². The molecule has 5 nitrogen and oxygen atoms in total. The Morgan fingerprint density at radius 1 is 1.33 bits per heavy atom. The van der Waals surface area contributed by atoms with Crippen LogP contribution < -0.4 is 0 Å². The Morgan fingerprint density at radius 3 is 2.71 bits per heavy atom. The number of nitrogens with zero attached hydrogens (tertiary/aromatic N) is 5. The SMILES string of the molecule is CCc1nccn1CC(C)N1CC(n2nc(C)cc2C)C1. The Morgan fingerprint density at radius 2 is 2.10 bits per heavy atom. The highest BCUT2D eigenvalue weighted by Gasteiger charge is 2.32. The lowest BCUT2D eigenvalue weighted by Crippen LogP contribution is -2.53. The van der Waals surface area contributed by atoms with E-state index < -0.39 is 0 Å². The van der Waals surface area contributed by atoms with Crippen molar-refractivity contribution in [2.24, 2.45) is 0 Å². The quantitative estimate of drug-likeness (QED) is 0.846. The Hall–Kier alpha value is -1.62. The Kier molecular flexibility index (Phi) is 3.85. The minimum absolute atomic E-state index is 0.537. The summed E-state index contributed by atoms with van der Waals surface area (Å²) in [4.78, 5) is 6.93. The number of hydrogen-bond donors (Lipinski definition) is 0. The van der Waals surface area contributed by atoms with E-state index >= 15 is 0 Å². The van der Waals surface area contributed by atoms with Crippen LogP contribution in [-0.2, 0) is 13.0 Å². The average Bonchev–Trinajstić information content (AvgIpc) is 2.94. The van der Waals surface area contributed by atoms with Gasteiger partial charge in [-0.2, -0.15) is 5.10 Å². The van der Waals surface area contributed by atoms with Crippen molar-refractivity contribution < 1.29 is 0 Å². The molecule has 1 aliphatic rings. The highest BCUT2D eigenvalue weighted by molar-refractivity contribution is 5.09. The summed E-state index contributed by atoms with van der Waals surface area (Å²) in [6, 6.07) is 3.23. The van der Waals surface area contributed by atoms with Crippen molar-refractivity contribution in [1.29, 1.82) is 0 Å². The first-order valence-electron chi connectivity index (χ1n) is 7.85. The number of rotatable bonds is 5. The van der Waals surface area contributed by atoms with E-state index in [4.69, 9.17) is 0 Å². The van der Waals surface area contributed by atoms with Crippen LogP contribution in [0.4, 0.5) is 0 Å². The van der Waals surface area contributed by atoms with E-state index in [9.17, 15) is 0 Å². The molecule has 0 N–H and O–H groups in total. The lowest BCUT2D eigenvalue weighted by atomic mass is 10.1. The average molecular weight is 287 g/mol. The zero-order valence-electron chi connectivity index (χ0n) is 13.5. The summed E-state index contributed by atoms with van der Waals surface area (Å²) >= 11 is 0. The van der Waals surface area contributed by atoms with Gasteiger partial charge in [0.15, 0.2) is 0 Å². The van der Waals surface area contributed by atoms with E-state index in [1.807, 2.05) is 6.20 Å². The van der Waals surface area contributed by atoms with Gasteiger partial charge in [-0.05, 0) is 26.8 Å². The van der Waals surface area contributed by atoms with Crippen LogP contribution in [-0.4, -0.2) is 43.4 Å². The smallest absolute Gasteiger partial charge is 0.108 e. The summed E-state index contributed by atoms with van der Waals surface area (Å²) in [7, 11) is 0. The summed E-state index contributed by atoms with van der Waals surface area (Å²) < 4.78 is 4.47. The third kappa shape index (κ3) is 2.75. The van der Waals surface area contributed by atoms with Crippen LogP contribution in [0.3, 0.4) is 0 Å². The van der Waals surface area contributed by atoms with Gasteiger partial charge in [0.25, 0.3) is 0 Å². The van der Waals surface area contributed by atoms with Crippen LogP contribution in [0.1, 0.15) is 37.1 Å². The molecule has 0 saturated carbocycles. The van der Waals surface area contributed by atoms with Crippen LogP contribution >= 0.6 is 0 Å². The summed E-state index contributed by atoms with van der Waals surface area (Å²) in [5.74, 6) is 1.18. The first-order valence-corrected chi connectivity index (χ1v) is 7.85. The second-order valence-corrected chi connectivity index (χ2v) is 6.18. The van der Waals surface area contributed by atoms with Crippen molar-refractivity contribution in [3.8, 4) is 0 Å². The van der Waals surface area contributed by atoms with E-state index in [0.29, 0.717) is 12.1 Å². The van der Waals surface area contributed by atoms with Gasteiger partial charge in [0.1, 0.15) is 5.82 Å². The van der Waals surface area contributed by atoms with Gasteiger partial charge in [-0.3, -0.25) is 9.58 Å². The maximum absolute atomic E-state index is 4.60. The molecule has 114 valence electrons. The van der Waals surface area contributed by atoms with Crippen molar-refractivity contribution in [3.05, 3.63) is 35.7 Å². The minimum Gasteiger partial charge on any atom is -0.333 e. The lowest BCUT2D eigenvalue weighted by Gasteiger charge is -2.43. The van der Waals surface area contributed by atoms with Gasteiger partial charge in [-0.25, -0.2) is 4.98 Å². The molecule has 1 fully saturated rings. The normalized spacial score (nSPS) is 17.9. The summed E-state index contributed by atoms with van der Waals surface area (Å²) in [6.07, 6.45) is 4.99. The van der Waals surface area contributed by atoms with E-state index in [1.54, 1.807) is 0 Å². The van der Waals surface area contributed by atoms with E-state index in [0.717, 1.165) is 31.7 Å². The van der Waals surface area contributed by atoms with Crippen LogP contribution in [0.5, 0.6) is 0 Å². The highest BCUT2D eigenvalue weighted by Crippen LogP contribution is 2.25. The molecule has 0 amide bonds. The summed E-state index contributed by atoms with van der Waals surface area (Å²) in [5.41, 5.74) is 2.39. The van der Waals surface area contributed by atoms with Gasteiger partial charge in [0, 0.05) is 50.2 Å². The van der Waals surface area contributed by atoms with Gasteiger partial charge < -0.3 is 4.57 Å². The molecular weight excluding hydrogens is 262 g/mol. The summed E-state index contributed by atoms with van der Waals surface area (Å²) in [5, 5.41) is 4.60. The van der Waals surface area contributed by atoms with E-state index in [1.165, 1.54) is 11.5 Å². The molecule has 2 aromatic rings. The molecular formula is C16H25N5. The largest absolute Gasteiger partial charge is 0.333 e. The van der Waals surface area contributed by atoms with Crippen LogP contribution in [0.15, 0.2) is 18.5 Å². The number of aryl methyl sites for hydroxylation is 3. The second-order valence-electron chi connectivity index (χ2n) is 6.18. The molecule has 0 spiro atoms. The number of hydrogen-bond acceptors (Lipinski definition) is 3. The zero-order valence-corrected chi connectivity index (χ0v) is 13.5. The number of likely N-dealkylation sites (tertiary alicyclic amines) is 1. The maximum atomic E-state index is 4.60. The maximum Gasteiger partial charge on any atom is 0.108 e. The molecule has 1 saturated heterocycles. The van der Waals surface area contributed by atoms with Crippen LogP contribution in [0, 0.1) is 13.8 Å². The number of imidazole rings is 1. The first kappa shape index (κ1) is 14.3. The fraction of sp³-hybridized carbons (Fsp3) is 0.625. The third-order valence-electron chi connectivity index (χ3n) is 4.48. The molecule has 0 radical (unpaired) electrons. The van der Waals surface area contributed by atoms with Crippen LogP contribution in [0.2, 0.25) is 0 Å². The molecule has 1 aliphatic heterocycles. The fourth-order valence-electron chi connectivity index (χ4n) is 3.24. The second kappa shape index (κ2) is 5.64. The van der Waals surface area contributed by atoms with E-state index in [-0.39, 0.29) is 0 Å². The molecule has 2 aromatic heterocycles. The third-order valence-corrected chi connectivity index (χ3v) is 4.48. The molecule has 0 aliphatic carbocycles. The Balaban J connectivity index is 1.57. The molecule has 0 aromatic carbocycles. The lowest BCUT2D eigenvalue weighted by molar-refractivity contribution is 0.0513. The molecule has 3 heterocycles. The molecule has 1 atom stereocenters. The predicted molar refractivity (Wildman–Crippen MR) is 83.4 cm³/mol. The minimum atomic E-state index is 0.537. The molecule has 5 heteroatoms. The van der Waals surface area contributed by atoms with Gasteiger partial charge in [0.05, 0.1) is 11.7 Å². The summed E-state index contributed by atoms with van der Waals surface area (Å²) in [6.45, 7) is 11.9. The van der Waals surface area contributed by atoms with Gasteiger partial charge in [-0.1, -0.05) is 6.92 Å². The molecule has 0 bridgehead atoms. The predicted octanol–water partition coefficient (Wildman–Crippen LogP) is 2.20.